The molecule has 86 valence electrons. The van der Waals surface area contributed by atoms with E-state index < -0.39 is 12.0 Å². The quantitative estimate of drug-likeness (QED) is 0.827. The molecule has 1 unspecified atom stereocenters. The second-order valence-electron chi connectivity index (χ2n) is 4.16. The first-order valence-electron chi connectivity index (χ1n) is 5.63. The van der Waals surface area contributed by atoms with E-state index in [9.17, 15) is 9.90 Å². The maximum atomic E-state index is 11.2. The number of aliphatic carboxylic acids is 1. The Morgan fingerprint density at radius 3 is 2.81 bits per heavy atom. The predicted molar refractivity (Wildman–Crippen MR) is 60.2 cm³/mol. The van der Waals surface area contributed by atoms with E-state index >= 15 is 0 Å². The van der Waals surface area contributed by atoms with Gasteiger partial charge in [0.2, 0.25) is 0 Å². The Morgan fingerprint density at radius 2 is 2.25 bits per heavy atom. The van der Waals surface area contributed by atoms with Crippen LogP contribution >= 0.6 is 0 Å². The molecular formula is C12H16N2O2. The van der Waals surface area contributed by atoms with Crippen molar-refractivity contribution in [2.75, 3.05) is 13.1 Å². The number of hydrogen-bond acceptors (Lipinski definition) is 3. The highest BCUT2D eigenvalue weighted by Crippen LogP contribution is 2.15. The molecule has 0 amide bonds. The number of pyridine rings is 1. The van der Waals surface area contributed by atoms with E-state index in [-0.39, 0.29) is 0 Å². The second kappa shape index (κ2) is 5.07. The third kappa shape index (κ3) is 2.58. The van der Waals surface area contributed by atoms with Crippen LogP contribution in [0.25, 0.3) is 0 Å². The third-order valence-corrected chi connectivity index (χ3v) is 3.02. The van der Waals surface area contributed by atoms with E-state index in [0.717, 1.165) is 31.5 Å². The summed E-state index contributed by atoms with van der Waals surface area (Å²) in [6.07, 6.45) is 6.21. The first-order chi connectivity index (χ1) is 7.77. The minimum atomic E-state index is -0.731. The molecule has 1 fully saturated rings. The van der Waals surface area contributed by atoms with Crippen LogP contribution in [0.4, 0.5) is 0 Å². The van der Waals surface area contributed by atoms with E-state index in [4.69, 9.17) is 0 Å². The van der Waals surface area contributed by atoms with Gasteiger partial charge in [0, 0.05) is 18.8 Å². The lowest BCUT2D eigenvalue weighted by atomic mass is 10.1. The van der Waals surface area contributed by atoms with Crippen LogP contribution in [0, 0.1) is 0 Å². The Balaban J connectivity index is 2.05. The predicted octanol–water partition coefficient (Wildman–Crippen LogP) is 1.17. The molecule has 0 aromatic carbocycles. The van der Waals surface area contributed by atoms with E-state index in [0.29, 0.717) is 6.42 Å². The van der Waals surface area contributed by atoms with E-state index in [2.05, 4.69) is 9.88 Å². The average Bonchev–Trinajstić information content (AvgIpc) is 2.80. The van der Waals surface area contributed by atoms with Gasteiger partial charge in [-0.3, -0.25) is 14.7 Å². The molecule has 0 bridgehead atoms. The monoisotopic (exact) mass is 220 g/mol. The van der Waals surface area contributed by atoms with Crippen molar-refractivity contribution in [3.8, 4) is 0 Å². The molecule has 16 heavy (non-hydrogen) atoms. The lowest BCUT2D eigenvalue weighted by Crippen LogP contribution is -2.40. The molecular weight excluding hydrogens is 204 g/mol. The topological polar surface area (TPSA) is 53.4 Å². The van der Waals surface area contributed by atoms with Gasteiger partial charge < -0.3 is 5.11 Å². The van der Waals surface area contributed by atoms with E-state index in [1.807, 2.05) is 12.1 Å². The van der Waals surface area contributed by atoms with Crippen LogP contribution in [0.3, 0.4) is 0 Å². The summed E-state index contributed by atoms with van der Waals surface area (Å²) in [7, 11) is 0. The molecule has 1 N–H and O–H groups in total. The van der Waals surface area contributed by atoms with Crippen LogP contribution in [-0.2, 0) is 11.2 Å². The summed E-state index contributed by atoms with van der Waals surface area (Å²) in [5, 5.41) is 9.23. The Bertz CT molecular complexity index is 347. The van der Waals surface area contributed by atoms with Crippen molar-refractivity contribution in [2.24, 2.45) is 0 Å². The zero-order valence-electron chi connectivity index (χ0n) is 9.17. The third-order valence-electron chi connectivity index (χ3n) is 3.02. The highest BCUT2D eigenvalue weighted by Gasteiger charge is 2.27. The van der Waals surface area contributed by atoms with Crippen LogP contribution in [0.15, 0.2) is 24.5 Å². The highest BCUT2D eigenvalue weighted by molar-refractivity contribution is 5.74. The number of carbonyl (C=O) groups is 1. The van der Waals surface area contributed by atoms with Gasteiger partial charge in [-0.05, 0) is 37.6 Å². The molecule has 1 aromatic heterocycles. The standard InChI is InChI=1S/C12H16N2O2/c15-12(16)11(14-6-1-2-7-14)8-10-4-3-5-13-9-10/h3-5,9,11H,1-2,6-8H2,(H,15,16). The van der Waals surface area contributed by atoms with Gasteiger partial charge in [-0.1, -0.05) is 6.07 Å². The molecule has 0 saturated carbocycles. The Labute approximate surface area is 94.9 Å². The minimum absolute atomic E-state index is 0.397. The van der Waals surface area contributed by atoms with Crippen LogP contribution in [0.1, 0.15) is 18.4 Å². The number of nitrogens with zero attached hydrogens (tertiary/aromatic N) is 2. The van der Waals surface area contributed by atoms with Crippen LogP contribution in [0.2, 0.25) is 0 Å². The first-order valence-corrected chi connectivity index (χ1v) is 5.63. The molecule has 0 radical (unpaired) electrons. The van der Waals surface area contributed by atoms with E-state index in [1.165, 1.54) is 0 Å². The fraction of sp³-hybridized carbons (Fsp3) is 0.500. The fourth-order valence-electron chi connectivity index (χ4n) is 2.17. The number of hydrogen-bond donors (Lipinski definition) is 1. The van der Waals surface area contributed by atoms with Gasteiger partial charge in [0.05, 0.1) is 0 Å². The molecule has 2 heterocycles. The number of aromatic nitrogens is 1. The van der Waals surface area contributed by atoms with E-state index in [1.54, 1.807) is 12.4 Å². The van der Waals surface area contributed by atoms with Crippen molar-refractivity contribution in [2.45, 2.75) is 25.3 Å². The lowest BCUT2D eigenvalue weighted by molar-refractivity contribution is -0.142. The molecule has 0 spiro atoms. The smallest absolute Gasteiger partial charge is 0.321 e. The largest absolute Gasteiger partial charge is 0.480 e. The van der Waals surface area contributed by atoms with Crippen LogP contribution < -0.4 is 0 Å². The summed E-state index contributed by atoms with van der Waals surface area (Å²) >= 11 is 0. The summed E-state index contributed by atoms with van der Waals surface area (Å²) in [5.41, 5.74) is 0.988. The van der Waals surface area contributed by atoms with Gasteiger partial charge in [0.1, 0.15) is 6.04 Å². The van der Waals surface area contributed by atoms with Gasteiger partial charge in [-0.25, -0.2) is 0 Å². The summed E-state index contributed by atoms with van der Waals surface area (Å²) in [6, 6.07) is 3.38. The SMILES string of the molecule is O=C(O)C(Cc1cccnc1)N1CCCC1. The molecule has 1 atom stereocenters. The van der Waals surface area contributed by atoms with Gasteiger partial charge in [-0.2, -0.15) is 0 Å². The maximum Gasteiger partial charge on any atom is 0.321 e. The molecule has 2 rings (SSSR count). The van der Waals surface area contributed by atoms with Gasteiger partial charge in [0.15, 0.2) is 0 Å². The molecule has 4 nitrogen and oxygen atoms in total. The Morgan fingerprint density at radius 1 is 1.50 bits per heavy atom. The normalized spacial score (nSPS) is 18.5. The Kier molecular flexibility index (Phi) is 3.51. The van der Waals surface area contributed by atoms with Gasteiger partial charge in [-0.15, -0.1) is 0 Å². The highest BCUT2D eigenvalue weighted by atomic mass is 16.4. The number of carboxylic acids is 1. The molecule has 0 aliphatic carbocycles. The molecule has 1 aromatic rings. The lowest BCUT2D eigenvalue weighted by Gasteiger charge is -2.23. The van der Waals surface area contributed by atoms with Gasteiger partial charge in [0.25, 0.3) is 0 Å². The Hall–Kier alpha value is -1.42. The van der Waals surface area contributed by atoms with Crippen LogP contribution in [-0.4, -0.2) is 40.1 Å². The second-order valence-corrected chi connectivity index (χ2v) is 4.16. The number of carboxylic acid groups (broad SMARTS) is 1. The summed E-state index contributed by atoms with van der Waals surface area (Å²) < 4.78 is 0. The molecule has 1 saturated heterocycles. The summed E-state index contributed by atoms with van der Waals surface area (Å²) in [4.78, 5) is 17.3. The molecule has 4 heteroatoms. The fourth-order valence-corrected chi connectivity index (χ4v) is 2.17. The summed E-state index contributed by atoms with van der Waals surface area (Å²) in [5.74, 6) is -0.731. The van der Waals surface area contributed by atoms with Crippen molar-refractivity contribution in [3.63, 3.8) is 0 Å². The molecule has 1 aliphatic heterocycles. The summed E-state index contributed by atoms with van der Waals surface area (Å²) in [6.45, 7) is 1.80. The van der Waals surface area contributed by atoms with Crippen molar-refractivity contribution in [1.29, 1.82) is 0 Å². The van der Waals surface area contributed by atoms with Gasteiger partial charge >= 0.3 is 5.97 Å². The van der Waals surface area contributed by atoms with Crippen molar-refractivity contribution < 1.29 is 9.90 Å². The van der Waals surface area contributed by atoms with Crippen molar-refractivity contribution >= 4 is 5.97 Å². The number of likely N-dealkylation sites (tertiary alicyclic amines) is 1. The minimum Gasteiger partial charge on any atom is -0.480 e. The first kappa shape index (κ1) is 11.1. The molecule has 1 aliphatic rings. The van der Waals surface area contributed by atoms with Crippen molar-refractivity contribution in [1.82, 2.24) is 9.88 Å². The maximum absolute atomic E-state index is 11.2. The zero-order chi connectivity index (χ0) is 11.4. The van der Waals surface area contributed by atoms with Crippen LogP contribution in [0.5, 0.6) is 0 Å². The van der Waals surface area contributed by atoms with Crippen molar-refractivity contribution in [3.05, 3.63) is 30.1 Å². The number of rotatable bonds is 4. The zero-order valence-corrected chi connectivity index (χ0v) is 9.17. The average molecular weight is 220 g/mol.